The Morgan fingerprint density at radius 3 is 2.48 bits per heavy atom. The summed E-state index contributed by atoms with van der Waals surface area (Å²) in [6.45, 7) is 3.57. The Morgan fingerprint density at radius 2 is 1.84 bits per heavy atom. The van der Waals surface area contributed by atoms with Crippen molar-refractivity contribution in [2.75, 3.05) is 12.4 Å². The van der Waals surface area contributed by atoms with Crippen LogP contribution in [0.3, 0.4) is 0 Å². The van der Waals surface area contributed by atoms with Crippen LogP contribution in [0, 0.1) is 12.3 Å². The first kappa shape index (κ1) is 18.7. The first-order valence-corrected chi connectivity index (χ1v) is 9.16. The maximum Gasteiger partial charge on any atom is 0.255 e. The summed E-state index contributed by atoms with van der Waals surface area (Å²) in [7, 11) is -2.14. The van der Waals surface area contributed by atoms with Gasteiger partial charge in [-0.3, -0.25) is 4.79 Å². The Labute approximate surface area is 148 Å². The van der Waals surface area contributed by atoms with Gasteiger partial charge in [0.15, 0.2) is 0 Å². The molecule has 0 radical (unpaired) electrons. The van der Waals surface area contributed by atoms with Crippen molar-refractivity contribution in [3.8, 4) is 12.3 Å². The molecule has 0 atom stereocenters. The van der Waals surface area contributed by atoms with Gasteiger partial charge >= 0.3 is 0 Å². The average Bonchev–Trinajstić information content (AvgIpc) is 2.61. The van der Waals surface area contributed by atoms with E-state index in [-0.39, 0.29) is 16.5 Å². The molecular weight excluding hydrogens is 336 g/mol. The monoisotopic (exact) mass is 356 g/mol. The van der Waals surface area contributed by atoms with Crippen molar-refractivity contribution in [3.05, 3.63) is 59.7 Å². The highest BCUT2D eigenvalue weighted by Crippen LogP contribution is 2.19. The van der Waals surface area contributed by atoms with Crippen LogP contribution in [0.2, 0.25) is 0 Å². The molecule has 6 heteroatoms. The third kappa shape index (κ3) is 4.27. The standard InChI is InChI=1S/C19H20N2O3S/c1-5-15-8-6-10-17(12-15)20-19(22)16-9-7-11-18(13-16)25(23,24)21(4)14(2)3/h1,6-14H,2-4H3,(H,20,22). The molecule has 0 aliphatic carbocycles. The first-order valence-electron chi connectivity index (χ1n) is 7.72. The quantitative estimate of drug-likeness (QED) is 0.838. The molecule has 5 nitrogen and oxygen atoms in total. The fourth-order valence-electron chi connectivity index (χ4n) is 2.13. The molecule has 2 aromatic rings. The Bertz CT molecular complexity index is 928. The number of anilines is 1. The largest absolute Gasteiger partial charge is 0.322 e. The number of hydrogen-bond acceptors (Lipinski definition) is 3. The fraction of sp³-hybridized carbons (Fsp3) is 0.211. The molecule has 2 aromatic carbocycles. The molecule has 0 unspecified atom stereocenters. The summed E-state index contributed by atoms with van der Waals surface area (Å²) >= 11 is 0. The summed E-state index contributed by atoms with van der Waals surface area (Å²) in [6, 6.07) is 12.7. The van der Waals surface area contributed by atoms with Crippen LogP contribution >= 0.6 is 0 Å². The lowest BCUT2D eigenvalue weighted by Gasteiger charge is -2.21. The Morgan fingerprint density at radius 1 is 1.16 bits per heavy atom. The number of terminal acetylenes is 1. The number of rotatable bonds is 5. The molecule has 1 N–H and O–H groups in total. The van der Waals surface area contributed by atoms with Crippen LogP contribution in [0.25, 0.3) is 0 Å². The zero-order valence-corrected chi connectivity index (χ0v) is 15.2. The Hall–Kier alpha value is -2.62. The molecule has 1 amide bonds. The summed E-state index contributed by atoms with van der Waals surface area (Å²) in [5.74, 6) is 2.09. The highest BCUT2D eigenvalue weighted by molar-refractivity contribution is 7.89. The topological polar surface area (TPSA) is 66.5 Å². The summed E-state index contributed by atoms with van der Waals surface area (Å²) in [6.07, 6.45) is 5.35. The van der Waals surface area contributed by atoms with E-state index in [0.717, 1.165) is 0 Å². The number of carbonyl (C=O) groups is 1. The third-order valence-corrected chi connectivity index (χ3v) is 5.82. The zero-order chi connectivity index (χ0) is 18.6. The van der Waals surface area contributed by atoms with E-state index in [1.165, 1.54) is 23.5 Å². The maximum absolute atomic E-state index is 12.6. The van der Waals surface area contributed by atoms with Crippen LogP contribution in [0.15, 0.2) is 53.4 Å². The number of benzene rings is 2. The second kappa shape index (κ2) is 7.51. The molecule has 130 valence electrons. The summed E-state index contributed by atoms with van der Waals surface area (Å²) < 4.78 is 26.4. The molecule has 0 fully saturated rings. The van der Waals surface area contributed by atoms with Crippen LogP contribution in [-0.4, -0.2) is 31.7 Å². The minimum absolute atomic E-state index is 0.0775. The number of nitrogens with one attached hydrogen (secondary N) is 1. The van der Waals surface area contributed by atoms with E-state index < -0.39 is 15.9 Å². The Balaban J connectivity index is 2.29. The van der Waals surface area contributed by atoms with E-state index in [1.807, 2.05) is 0 Å². The van der Waals surface area contributed by atoms with Crippen molar-refractivity contribution in [1.29, 1.82) is 0 Å². The van der Waals surface area contributed by atoms with Crippen molar-refractivity contribution < 1.29 is 13.2 Å². The van der Waals surface area contributed by atoms with E-state index in [9.17, 15) is 13.2 Å². The van der Waals surface area contributed by atoms with Gasteiger partial charge in [-0.25, -0.2) is 8.42 Å². The van der Waals surface area contributed by atoms with Crippen LogP contribution < -0.4 is 5.32 Å². The zero-order valence-electron chi connectivity index (χ0n) is 14.4. The molecule has 0 saturated heterocycles. The molecule has 25 heavy (non-hydrogen) atoms. The van der Waals surface area contributed by atoms with Gasteiger partial charge < -0.3 is 5.32 Å². The van der Waals surface area contributed by atoms with Gasteiger partial charge in [-0.05, 0) is 50.2 Å². The second-order valence-electron chi connectivity index (χ2n) is 5.82. The second-order valence-corrected chi connectivity index (χ2v) is 7.82. The fourth-order valence-corrected chi connectivity index (χ4v) is 3.55. The van der Waals surface area contributed by atoms with Gasteiger partial charge in [0.1, 0.15) is 0 Å². The first-order chi connectivity index (χ1) is 11.8. The smallest absolute Gasteiger partial charge is 0.255 e. The van der Waals surface area contributed by atoms with Crippen molar-refractivity contribution in [3.63, 3.8) is 0 Å². The van der Waals surface area contributed by atoms with E-state index in [0.29, 0.717) is 11.3 Å². The van der Waals surface area contributed by atoms with Gasteiger partial charge in [0, 0.05) is 29.9 Å². The number of hydrogen-bond donors (Lipinski definition) is 1. The van der Waals surface area contributed by atoms with Crippen molar-refractivity contribution in [2.24, 2.45) is 0 Å². The summed E-state index contributed by atoms with van der Waals surface area (Å²) in [4.78, 5) is 12.5. The Kier molecular flexibility index (Phi) is 5.62. The van der Waals surface area contributed by atoms with Gasteiger partial charge in [-0.15, -0.1) is 6.42 Å². The van der Waals surface area contributed by atoms with Gasteiger partial charge in [-0.2, -0.15) is 4.31 Å². The lowest BCUT2D eigenvalue weighted by atomic mass is 10.2. The van der Waals surface area contributed by atoms with Crippen molar-refractivity contribution in [2.45, 2.75) is 24.8 Å². The van der Waals surface area contributed by atoms with Crippen LogP contribution in [0.5, 0.6) is 0 Å². The predicted molar refractivity (Wildman–Crippen MR) is 98.9 cm³/mol. The molecule has 0 aliphatic heterocycles. The molecule has 0 aromatic heterocycles. The van der Waals surface area contributed by atoms with Crippen molar-refractivity contribution in [1.82, 2.24) is 4.31 Å². The minimum atomic E-state index is -3.65. The summed E-state index contributed by atoms with van der Waals surface area (Å²) in [5.41, 5.74) is 1.45. The van der Waals surface area contributed by atoms with E-state index in [4.69, 9.17) is 6.42 Å². The normalized spacial score (nSPS) is 11.4. The SMILES string of the molecule is C#Cc1cccc(NC(=O)c2cccc(S(=O)(=O)N(C)C(C)C)c2)c1. The van der Waals surface area contributed by atoms with Crippen LogP contribution in [0.1, 0.15) is 29.8 Å². The van der Waals surface area contributed by atoms with Crippen molar-refractivity contribution >= 4 is 21.6 Å². The molecule has 2 rings (SSSR count). The number of amides is 1. The minimum Gasteiger partial charge on any atom is -0.322 e. The average molecular weight is 356 g/mol. The molecular formula is C19H20N2O3S. The van der Waals surface area contributed by atoms with Gasteiger partial charge in [0.2, 0.25) is 10.0 Å². The highest BCUT2D eigenvalue weighted by atomic mass is 32.2. The van der Waals surface area contributed by atoms with E-state index in [1.54, 1.807) is 50.2 Å². The third-order valence-electron chi connectivity index (χ3n) is 3.79. The lowest BCUT2D eigenvalue weighted by Crippen LogP contribution is -2.33. The van der Waals surface area contributed by atoms with Gasteiger partial charge in [0.25, 0.3) is 5.91 Å². The predicted octanol–water partition coefficient (Wildman–Crippen LogP) is 2.95. The molecule has 0 bridgehead atoms. The molecule has 0 saturated carbocycles. The number of nitrogens with zero attached hydrogens (tertiary/aromatic N) is 1. The highest BCUT2D eigenvalue weighted by Gasteiger charge is 2.23. The van der Waals surface area contributed by atoms with E-state index in [2.05, 4.69) is 11.2 Å². The van der Waals surface area contributed by atoms with Crippen LogP contribution in [-0.2, 0) is 10.0 Å². The molecule has 0 heterocycles. The van der Waals surface area contributed by atoms with Gasteiger partial charge in [-0.1, -0.05) is 18.1 Å². The van der Waals surface area contributed by atoms with Crippen LogP contribution in [0.4, 0.5) is 5.69 Å². The molecule has 0 spiro atoms. The van der Waals surface area contributed by atoms with Gasteiger partial charge in [0.05, 0.1) is 4.90 Å². The maximum atomic E-state index is 12.6. The van der Waals surface area contributed by atoms with E-state index >= 15 is 0 Å². The number of sulfonamides is 1. The molecule has 0 aliphatic rings. The summed E-state index contributed by atoms with van der Waals surface area (Å²) in [5, 5.41) is 2.72. The number of carbonyl (C=O) groups excluding carboxylic acids is 1. The lowest BCUT2D eigenvalue weighted by molar-refractivity contribution is 0.102.